The van der Waals surface area contributed by atoms with Gasteiger partial charge in [-0.1, -0.05) is 281 Å². The lowest BCUT2D eigenvalue weighted by Gasteiger charge is -2.18. The van der Waals surface area contributed by atoms with Crippen molar-refractivity contribution in [1.82, 2.24) is 0 Å². The Labute approximate surface area is 428 Å². The maximum atomic E-state index is 12.9. The summed E-state index contributed by atoms with van der Waals surface area (Å²) in [7, 11) is 0. The van der Waals surface area contributed by atoms with Crippen LogP contribution in [0.4, 0.5) is 0 Å². The smallest absolute Gasteiger partial charge is 0.306 e. The fourth-order valence-corrected chi connectivity index (χ4v) is 8.78. The van der Waals surface area contributed by atoms with Crippen LogP contribution in [0.1, 0.15) is 316 Å². The molecule has 1 atom stereocenters. The van der Waals surface area contributed by atoms with Crippen molar-refractivity contribution >= 4 is 17.9 Å². The van der Waals surface area contributed by atoms with Crippen molar-refractivity contribution in [2.75, 3.05) is 13.2 Å². The number of ether oxygens (including phenoxy) is 3. The van der Waals surface area contributed by atoms with Gasteiger partial charge in [0.25, 0.3) is 0 Å². The molecule has 0 heterocycles. The molecule has 0 rings (SSSR count). The topological polar surface area (TPSA) is 78.9 Å². The minimum Gasteiger partial charge on any atom is -0.462 e. The molecule has 0 N–H and O–H groups in total. The van der Waals surface area contributed by atoms with Gasteiger partial charge in [0.2, 0.25) is 0 Å². The van der Waals surface area contributed by atoms with Crippen LogP contribution in [0.25, 0.3) is 0 Å². The highest BCUT2D eigenvalue weighted by Crippen LogP contribution is 2.17. The van der Waals surface area contributed by atoms with Crippen LogP contribution in [0.5, 0.6) is 0 Å². The van der Waals surface area contributed by atoms with E-state index in [0.29, 0.717) is 19.3 Å². The molecule has 0 aliphatic rings. The third kappa shape index (κ3) is 56.2. The van der Waals surface area contributed by atoms with Crippen molar-refractivity contribution < 1.29 is 28.6 Å². The van der Waals surface area contributed by atoms with E-state index in [4.69, 9.17) is 14.2 Å². The Bertz CT molecular complexity index is 1200. The maximum absolute atomic E-state index is 12.9. The molecule has 0 aromatic heterocycles. The van der Waals surface area contributed by atoms with Crippen molar-refractivity contribution in [3.8, 4) is 0 Å². The fourth-order valence-electron chi connectivity index (χ4n) is 8.78. The van der Waals surface area contributed by atoms with Gasteiger partial charge in [-0.3, -0.25) is 14.4 Å². The van der Waals surface area contributed by atoms with Crippen LogP contribution in [-0.4, -0.2) is 37.2 Å². The highest BCUT2D eigenvalue weighted by Gasteiger charge is 2.19. The quantitative estimate of drug-likeness (QED) is 0.0262. The molecule has 6 heteroatoms. The second kappa shape index (κ2) is 57.9. The molecule has 69 heavy (non-hydrogen) atoms. The highest BCUT2D eigenvalue weighted by molar-refractivity contribution is 5.71. The van der Waals surface area contributed by atoms with Crippen LogP contribution in [0, 0.1) is 0 Å². The largest absolute Gasteiger partial charge is 0.462 e. The molecule has 6 nitrogen and oxygen atoms in total. The van der Waals surface area contributed by atoms with Gasteiger partial charge in [-0.2, -0.15) is 0 Å². The first kappa shape index (κ1) is 66.4. The Morgan fingerprint density at radius 2 is 0.522 bits per heavy atom. The van der Waals surface area contributed by atoms with Crippen molar-refractivity contribution in [3.63, 3.8) is 0 Å². The highest BCUT2D eigenvalue weighted by atomic mass is 16.6. The number of unbranched alkanes of at least 4 members (excludes halogenated alkanes) is 36. The molecule has 0 radical (unpaired) electrons. The average molecular weight is 968 g/mol. The second-order valence-corrected chi connectivity index (χ2v) is 20.3. The molecule has 0 unspecified atom stereocenters. The molecule has 0 fully saturated rings. The van der Waals surface area contributed by atoms with Gasteiger partial charge in [0.1, 0.15) is 13.2 Å². The van der Waals surface area contributed by atoms with E-state index in [9.17, 15) is 14.4 Å². The number of allylic oxidation sites excluding steroid dienone is 8. The minimum absolute atomic E-state index is 0.0787. The Balaban J connectivity index is 4.39. The van der Waals surface area contributed by atoms with Gasteiger partial charge < -0.3 is 14.2 Å². The van der Waals surface area contributed by atoms with E-state index in [1.807, 2.05) is 0 Å². The van der Waals surface area contributed by atoms with E-state index in [-0.39, 0.29) is 31.1 Å². The van der Waals surface area contributed by atoms with Gasteiger partial charge >= 0.3 is 17.9 Å². The average Bonchev–Trinajstić information content (AvgIpc) is 3.35. The van der Waals surface area contributed by atoms with E-state index in [1.165, 1.54) is 193 Å². The summed E-state index contributed by atoms with van der Waals surface area (Å²) in [6.45, 7) is 6.63. The molecular formula is C63H114O6. The summed E-state index contributed by atoms with van der Waals surface area (Å²) in [4.78, 5) is 38.2. The minimum atomic E-state index is -0.783. The summed E-state index contributed by atoms with van der Waals surface area (Å²) in [6.07, 6.45) is 71.0. The van der Waals surface area contributed by atoms with Gasteiger partial charge in [-0.25, -0.2) is 0 Å². The van der Waals surface area contributed by atoms with Crippen LogP contribution in [0.3, 0.4) is 0 Å². The summed E-state index contributed by atoms with van der Waals surface area (Å²) >= 11 is 0. The SMILES string of the molecule is CCCCC/C=C\C/C=C\C/C=C\C/C=C\CCCCCC(=O)OC[C@@H](COC(=O)CCCCCCCCCCCCCCCC)OC(=O)CCCCCCCCCCCCCCCCCCCC. The third-order valence-corrected chi connectivity index (χ3v) is 13.3. The first-order chi connectivity index (χ1) is 34.0. The Morgan fingerprint density at radius 1 is 0.290 bits per heavy atom. The molecule has 0 aliphatic carbocycles. The van der Waals surface area contributed by atoms with Gasteiger partial charge in [0, 0.05) is 19.3 Å². The predicted molar refractivity (Wildman–Crippen MR) is 298 cm³/mol. The van der Waals surface area contributed by atoms with Gasteiger partial charge in [-0.15, -0.1) is 0 Å². The molecule has 0 spiro atoms. The van der Waals surface area contributed by atoms with E-state index < -0.39 is 6.10 Å². The third-order valence-electron chi connectivity index (χ3n) is 13.3. The van der Waals surface area contributed by atoms with Crippen LogP contribution < -0.4 is 0 Å². The Hall–Kier alpha value is -2.63. The summed E-state index contributed by atoms with van der Waals surface area (Å²) in [5.41, 5.74) is 0. The zero-order valence-corrected chi connectivity index (χ0v) is 46.1. The van der Waals surface area contributed by atoms with Crippen LogP contribution in [0.2, 0.25) is 0 Å². The van der Waals surface area contributed by atoms with E-state index in [0.717, 1.165) is 83.5 Å². The number of hydrogen-bond acceptors (Lipinski definition) is 6. The summed E-state index contributed by atoms with van der Waals surface area (Å²) in [5, 5.41) is 0. The van der Waals surface area contributed by atoms with E-state index >= 15 is 0 Å². The normalized spacial score (nSPS) is 12.3. The molecule has 0 aromatic carbocycles. The maximum Gasteiger partial charge on any atom is 0.306 e. The molecule has 0 saturated carbocycles. The summed E-state index contributed by atoms with van der Waals surface area (Å²) in [6, 6.07) is 0. The molecule has 0 amide bonds. The zero-order chi connectivity index (χ0) is 50.0. The lowest BCUT2D eigenvalue weighted by atomic mass is 10.0. The van der Waals surface area contributed by atoms with Crippen molar-refractivity contribution in [2.24, 2.45) is 0 Å². The number of carbonyl (C=O) groups is 3. The van der Waals surface area contributed by atoms with Crippen LogP contribution >= 0.6 is 0 Å². The molecule has 0 bridgehead atoms. The lowest BCUT2D eigenvalue weighted by Crippen LogP contribution is -2.30. The van der Waals surface area contributed by atoms with E-state index in [2.05, 4.69) is 69.4 Å². The molecule has 0 aliphatic heterocycles. The molecule has 0 saturated heterocycles. The summed E-state index contributed by atoms with van der Waals surface area (Å²) in [5.74, 6) is -0.891. The van der Waals surface area contributed by atoms with E-state index in [1.54, 1.807) is 0 Å². The first-order valence-electron chi connectivity index (χ1n) is 30.1. The zero-order valence-electron chi connectivity index (χ0n) is 46.1. The van der Waals surface area contributed by atoms with Crippen molar-refractivity contribution in [2.45, 2.75) is 322 Å². The first-order valence-corrected chi connectivity index (χ1v) is 30.1. The number of rotatable bonds is 55. The number of hydrogen-bond donors (Lipinski definition) is 0. The summed E-state index contributed by atoms with van der Waals surface area (Å²) < 4.78 is 16.9. The van der Waals surface area contributed by atoms with Gasteiger partial charge in [0.15, 0.2) is 6.10 Å². The van der Waals surface area contributed by atoms with Gasteiger partial charge in [0.05, 0.1) is 0 Å². The number of carbonyl (C=O) groups excluding carboxylic acids is 3. The molecule has 0 aromatic rings. The van der Waals surface area contributed by atoms with Crippen molar-refractivity contribution in [1.29, 1.82) is 0 Å². The lowest BCUT2D eigenvalue weighted by molar-refractivity contribution is -0.167. The monoisotopic (exact) mass is 967 g/mol. The van der Waals surface area contributed by atoms with Gasteiger partial charge in [-0.05, 0) is 64.2 Å². The standard InChI is InChI=1S/C63H114O6/c1-4-7-10-13-16-19-22-25-28-30-32-34-35-38-41-44-47-50-53-56-62(65)68-59-60(58-67-61(64)55-52-49-46-43-40-37-27-24-21-18-15-12-9-6-3)69-63(66)57-54-51-48-45-42-39-36-33-31-29-26-23-20-17-14-11-8-5-2/h16,19,25,28,32,34,38,41,60H,4-15,17-18,20-24,26-27,29-31,33,35-37,39-40,42-59H2,1-3H3/b19-16-,28-25-,34-32-,41-38-/t60-/m1/s1. The molecule has 402 valence electrons. The molecular weight excluding hydrogens is 853 g/mol. The van der Waals surface area contributed by atoms with Crippen molar-refractivity contribution in [3.05, 3.63) is 48.6 Å². The number of esters is 3. The van der Waals surface area contributed by atoms with Crippen LogP contribution in [0.15, 0.2) is 48.6 Å². The fraction of sp³-hybridized carbons (Fsp3) is 0.825. The van der Waals surface area contributed by atoms with Crippen LogP contribution in [-0.2, 0) is 28.6 Å². The predicted octanol–water partition coefficient (Wildman–Crippen LogP) is 20.2. The Kier molecular flexibility index (Phi) is 55.7. The Morgan fingerprint density at radius 3 is 0.841 bits per heavy atom. The second-order valence-electron chi connectivity index (χ2n) is 20.3.